The van der Waals surface area contributed by atoms with Gasteiger partial charge in [0.15, 0.2) is 11.9 Å². The van der Waals surface area contributed by atoms with Gasteiger partial charge in [-0.1, -0.05) is 6.07 Å². The average molecular weight is 274 g/mol. The molecule has 0 aliphatic heterocycles. The number of nitrogens with one attached hydrogen (secondary N) is 5. The molecular weight excluding hydrogens is 256 g/mol. The van der Waals surface area contributed by atoms with E-state index in [0.717, 1.165) is 28.6 Å². The van der Waals surface area contributed by atoms with E-state index in [2.05, 4.69) is 15.6 Å². The van der Waals surface area contributed by atoms with Crippen LogP contribution < -0.4 is 21.1 Å². The Hall–Kier alpha value is -2.70. The first-order valence-corrected chi connectivity index (χ1v) is 6.18. The molecule has 0 radical (unpaired) electrons. The van der Waals surface area contributed by atoms with E-state index in [1.807, 2.05) is 24.4 Å². The number of H-pyrrole nitrogens is 1. The van der Waals surface area contributed by atoms with Gasteiger partial charge in [0.05, 0.1) is 7.11 Å². The Morgan fingerprint density at radius 3 is 2.90 bits per heavy atom. The molecule has 2 rings (SSSR count). The third-order valence-corrected chi connectivity index (χ3v) is 2.92. The molecule has 1 heterocycles. The van der Waals surface area contributed by atoms with Crippen molar-refractivity contribution in [3.8, 4) is 5.75 Å². The highest BCUT2D eigenvalue weighted by atomic mass is 16.5. The summed E-state index contributed by atoms with van der Waals surface area (Å²) in [4.78, 5) is 3.20. The van der Waals surface area contributed by atoms with Crippen LogP contribution in [0.1, 0.15) is 5.56 Å². The SMILES string of the molecule is COc1cccc2[nH]cc(CCNC(=N)NC(=N)N)c12. The van der Waals surface area contributed by atoms with Gasteiger partial charge in [-0.25, -0.2) is 0 Å². The standard InChI is InChI=1S/C13H18N6O/c1-20-10-4-2-3-9-11(10)8(7-18-9)5-6-17-13(16)19-12(14)15/h2-4,7,18H,5-6H2,1H3,(H6,14,15,16,17,19). The number of hydrogen-bond donors (Lipinski definition) is 6. The number of fused-ring (bicyclic) bond motifs is 1. The molecule has 0 aliphatic rings. The number of aromatic nitrogens is 1. The van der Waals surface area contributed by atoms with E-state index in [4.69, 9.17) is 21.3 Å². The molecule has 0 bridgehead atoms. The molecule has 0 saturated heterocycles. The van der Waals surface area contributed by atoms with E-state index in [9.17, 15) is 0 Å². The number of guanidine groups is 2. The quantitative estimate of drug-likeness (QED) is 0.363. The number of nitrogens with two attached hydrogens (primary N) is 1. The fraction of sp³-hybridized carbons (Fsp3) is 0.231. The first-order valence-electron chi connectivity index (χ1n) is 6.18. The summed E-state index contributed by atoms with van der Waals surface area (Å²) in [5.41, 5.74) is 7.28. The normalized spacial score (nSPS) is 10.2. The lowest BCUT2D eigenvalue weighted by molar-refractivity contribution is 0.419. The Balaban J connectivity index is 2.03. The van der Waals surface area contributed by atoms with Gasteiger partial charge in [-0.05, 0) is 24.1 Å². The van der Waals surface area contributed by atoms with Crippen LogP contribution in [-0.2, 0) is 6.42 Å². The summed E-state index contributed by atoms with van der Waals surface area (Å²) in [7, 11) is 1.65. The zero-order valence-electron chi connectivity index (χ0n) is 11.2. The number of benzene rings is 1. The number of rotatable bonds is 4. The molecule has 0 amide bonds. The van der Waals surface area contributed by atoms with E-state index < -0.39 is 0 Å². The summed E-state index contributed by atoms with van der Waals surface area (Å²) in [6.07, 6.45) is 2.67. The lowest BCUT2D eigenvalue weighted by Gasteiger charge is -2.09. The smallest absolute Gasteiger partial charge is 0.195 e. The van der Waals surface area contributed by atoms with Gasteiger partial charge in [0.25, 0.3) is 0 Å². The van der Waals surface area contributed by atoms with Gasteiger partial charge in [-0.15, -0.1) is 0 Å². The van der Waals surface area contributed by atoms with Crippen molar-refractivity contribution in [2.24, 2.45) is 5.73 Å². The topological polar surface area (TPSA) is 123 Å². The number of methoxy groups -OCH3 is 1. The summed E-state index contributed by atoms with van der Waals surface area (Å²) < 4.78 is 5.37. The largest absolute Gasteiger partial charge is 0.496 e. The zero-order valence-corrected chi connectivity index (χ0v) is 11.2. The Kier molecular flexibility index (Phi) is 4.09. The van der Waals surface area contributed by atoms with Gasteiger partial charge in [-0.3, -0.25) is 16.1 Å². The maximum Gasteiger partial charge on any atom is 0.195 e. The fourth-order valence-corrected chi connectivity index (χ4v) is 2.09. The second-order valence-electron chi connectivity index (χ2n) is 4.29. The van der Waals surface area contributed by atoms with Crippen molar-refractivity contribution >= 4 is 22.8 Å². The molecule has 20 heavy (non-hydrogen) atoms. The molecule has 7 heteroatoms. The molecule has 2 aromatic rings. The van der Waals surface area contributed by atoms with Gasteiger partial charge >= 0.3 is 0 Å². The monoisotopic (exact) mass is 274 g/mol. The van der Waals surface area contributed by atoms with Gasteiger partial charge in [0, 0.05) is 23.6 Å². The van der Waals surface area contributed by atoms with E-state index in [1.54, 1.807) is 7.11 Å². The summed E-state index contributed by atoms with van der Waals surface area (Å²) in [5.74, 6) is 0.594. The van der Waals surface area contributed by atoms with Gasteiger partial charge in [-0.2, -0.15) is 0 Å². The number of ether oxygens (including phenoxy) is 1. The Bertz CT molecular complexity index is 633. The molecule has 0 spiro atoms. The van der Waals surface area contributed by atoms with Gasteiger partial charge in [0.1, 0.15) is 5.75 Å². The van der Waals surface area contributed by atoms with E-state index in [-0.39, 0.29) is 11.9 Å². The minimum Gasteiger partial charge on any atom is -0.496 e. The molecule has 1 aromatic carbocycles. The van der Waals surface area contributed by atoms with Gasteiger partial charge < -0.3 is 20.8 Å². The fourth-order valence-electron chi connectivity index (χ4n) is 2.09. The molecule has 0 atom stereocenters. The summed E-state index contributed by atoms with van der Waals surface area (Å²) >= 11 is 0. The van der Waals surface area contributed by atoms with E-state index in [1.165, 1.54) is 0 Å². The molecule has 1 aromatic heterocycles. The van der Waals surface area contributed by atoms with Crippen molar-refractivity contribution in [2.75, 3.05) is 13.7 Å². The maximum atomic E-state index is 7.51. The van der Waals surface area contributed by atoms with Crippen LogP contribution in [0.4, 0.5) is 0 Å². The van der Waals surface area contributed by atoms with E-state index >= 15 is 0 Å². The summed E-state index contributed by atoms with van der Waals surface area (Å²) in [5, 5.41) is 20.8. The van der Waals surface area contributed by atoms with Crippen molar-refractivity contribution in [1.29, 1.82) is 10.8 Å². The third-order valence-electron chi connectivity index (χ3n) is 2.92. The average Bonchev–Trinajstić information content (AvgIpc) is 2.81. The third kappa shape index (κ3) is 3.00. The summed E-state index contributed by atoms with van der Waals surface area (Å²) in [6, 6.07) is 5.85. The van der Waals surface area contributed by atoms with Crippen molar-refractivity contribution in [1.82, 2.24) is 15.6 Å². The van der Waals surface area contributed by atoms with Crippen LogP contribution in [-0.4, -0.2) is 30.6 Å². The zero-order chi connectivity index (χ0) is 14.5. The van der Waals surface area contributed by atoms with Gasteiger partial charge in [0.2, 0.25) is 0 Å². The molecule has 7 N–H and O–H groups in total. The molecule has 0 aliphatic carbocycles. The van der Waals surface area contributed by atoms with Crippen LogP contribution >= 0.6 is 0 Å². The predicted molar refractivity (Wildman–Crippen MR) is 79.3 cm³/mol. The van der Waals surface area contributed by atoms with Crippen LogP contribution in [0, 0.1) is 10.8 Å². The lowest BCUT2D eigenvalue weighted by atomic mass is 10.1. The van der Waals surface area contributed by atoms with Crippen LogP contribution in [0.15, 0.2) is 24.4 Å². The first kappa shape index (κ1) is 13.7. The second-order valence-corrected chi connectivity index (χ2v) is 4.29. The number of hydrogen-bond acceptors (Lipinski definition) is 3. The van der Waals surface area contributed by atoms with Crippen LogP contribution in [0.2, 0.25) is 0 Å². The van der Waals surface area contributed by atoms with Crippen molar-refractivity contribution in [3.05, 3.63) is 30.0 Å². The van der Waals surface area contributed by atoms with Crippen LogP contribution in [0.25, 0.3) is 10.9 Å². The molecule has 7 nitrogen and oxygen atoms in total. The highest BCUT2D eigenvalue weighted by Gasteiger charge is 2.08. The molecule has 106 valence electrons. The molecular formula is C13H18N6O. The van der Waals surface area contributed by atoms with Crippen LogP contribution in [0.5, 0.6) is 5.75 Å². The van der Waals surface area contributed by atoms with Crippen molar-refractivity contribution in [3.63, 3.8) is 0 Å². The predicted octanol–water partition coefficient (Wildman–Crippen LogP) is 0.726. The Morgan fingerprint density at radius 2 is 2.20 bits per heavy atom. The maximum absolute atomic E-state index is 7.51. The van der Waals surface area contributed by atoms with Crippen molar-refractivity contribution < 1.29 is 4.74 Å². The minimum atomic E-state index is -0.253. The summed E-state index contributed by atoms with van der Waals surface area (Å²) in [6.45, 7) is 0.560. The minimum absolute atomic E-state index is 0.0179. The van der Waals surface area contributed by atoms with Crippen LogP contribution in [0.3, 0.4) is 0 Å². The Labute approximate surface area is 116 Å². The second kappa shape index (κ2) is 5.96. The Morgan fingerprint density at radius 1 is 1.40 bits per heavy atom. The molecule has 0 unspecified atom stereocenters. The first-order chi connectivity index (χ1) is 9.61. The van der Waals surface area contributed by atoms with E-state index in [0.29, 0.717) is 6.54 Å². The van der Waals surface area contributed by atoms with Crippen molar-refractivity contribution in [2.45, 2.75) is 6.42 Å². The highest BCUT2D eigenvalue weighted by Crippen LogP contribution is 2.28. The lowest BCUT2D eigenvalue weighted by Crippen LogP contribution is -2.43. The molecule has 0 fully saturated rings. The number of aromatic amines is 1. The highest BCUT2D eigenvalue weighted by molar-refractivity contribution is 5.94. The molecule has 0 saturated carbocycles.